The number of methoxy groups -OCH3 is 1. The number of benzene rings is 2. The molecule has 1 saturated heterocycles. The summed E-state index contributed by atoms with van der Waals surface area (Å²) in [7, 11) is 1.59. The summed E-state index contributed by atoms with van der Waals surface area (Å²) in [6.45, 7) is 1.34. The number of carbonyl (C=O) groups is 1. The minimum atomic E-state index is -0.291. The van der Waals surface area contributed by atoms with Gasteiger partial charge in [0, 0.05) is 6.54 Å². The van der Waals surface area contributed by atoms with E-state index in [0.717, 1.165) is 11.3 Å². The van der Waals surface area contributed by atoms with E-state index in [4.69, 9.17) is 14.2 Å². The van der Waals surface area contributed by atoms with Gasteiger partial charge < -0.3 is 19.1 Å². The fourth-order valence-corrected chi connectivity index (χ4v) is 2.66. The standard InChI is InChI=1S/C19H20FNO4/c1-23-16-6-8-17(9-7-16)25-13-19(22)21-10-11-24-18(12-21)14-2-4-15(20)5-3-14/h2-9,18H,10-13H2,1H3. The Morgan fingerprint density at radius 3 is 2.52 bits per heavy atom. The molecule has 0 bridgehead atoms. The van der Waals surface area contributed by atoms with Gasteiger partial charge in [-0.15, -0.1) is 0 Å². The molecule has 0 aliphatic carbocycles. The average molecular weight is 345 g/mol. The molecule has 6 heteroatoms. The van der Waals surface area contributed by atoms with Crippen molar-refractivity contribution in [2.75, 3.05) is 33.4 Å². The zero-order chi connectivity index (χ0) is 17.6. The van der Waals surface area contributed by atoms with Gasteiger partial charge in [-0.3, -0.25) is 4.79 Å². The zero-order valence-electron chi connectivity index (χ0n) is 14.0. The second-order valence-corrected chi connectivity index (χ2v) is 5.71. The highest BCUT2D eigenvalue weighted by molar-refractivity contribution is 5.78. The predicted octanol–water partition coefficient (Wildman–Crippen LogP) is 2.81. The minimum absolute atomic E-state index is 0.0392. The molecule has 1 aliphatic rings. The van der Waals surface area contributed by atoms with Crippen LogP contribution in [-0.2, 0) is 9.53 Å². The van der Waals surface area contributed by atoms with E-state index in [1.807, 2.05) is 0 Å². The smallest absolute Gasteiger partial charge is 0.260 e. The number of hydrogen-bond acceptors (Lipinski definition) is 4. The van der Waals surface area contributed by atoms with Crippen LogP contribution in [0.2, 0.25) is 0 Å². The van der Waals surface area contributed by atoms with E-state index >= 15 is 0 Å². The highest BCUT2D eigenvalue weighted by Gasteiger charge is 2.25. The summed E-state index contributed by atoms with van der Waals surface area (Å²) in [6.07, 6.45) is -0.251. The molecule has 5 nitrogen and oxygen atoms in total. The highest BCUT2D eigenvalue weighted by Crippen LogP contribution is 2.23. The fourth-order valence-electron chi connectivity index (χ4n) is 2.66. The highest BCUT2D eigenvalue weighted by atomic mass is 19.1. The van der Waals surface area contributed by atoms with Crippen LogP contribution in [0.5, 0.6) is 11.5 Å². The van der Waals surface area contributed by atoms with E-state index in [1.54, 1.807) is 48.4 Å². The van der Waals surface area contributed by atoms with E-state index in [1.165, 1.54) is 12.1 Å². The largest absolute Gasteiger partial charge is 0.497 e. The molecule has 2 aromatic rings. The summed E-state index contributed by atoms with van der Waals surface area (Å²) in [5.41, 5.74) is 0.856. The number of halogens is 1. The first-order valence-electron chi connectivity index (χ1n) is 8.07. The quantitative estimate of drug-likeness (QED) is 0.836. The Kier molecular flexibility index (Phi) is 5.50. The lowest BCUT2D eigenvalue weighted by atomic mass is 10.1. The Morgan fingerprint density at radius 2 is 1.84 bits per heavy atom. The summed E-state index contributed by atoms with van der Waals surface area (Å²) >= 11 is 0. The number of ether oxygens (including phenoxy) is 3. The molecule has 1 aliphatic heterocycles. The van der Waals surface area contributed by atoms with Gasteiger partial charge in [0.05, 0.1) is 20.3 Å². The number of hydrogen-bond donors (Lipinski definition) is 0. The number of amides is 1. The Labute approximate surface area is 145 Å². The Bertz CT molecular complexity index is 702. The van der Waals surface area contributed by atoms with E-state index in [2.05, 4.69) is 0 Å². The molecule has 132 valence electrons. The molecule has 0 saturated carbocycles. The molecular weight excluding hydrogens is 325 g/mol. The van der Waals surface area contributed by atoms with Gasteiger partial charge in [-0.05, 0) is 42.0 Å². The zero-order valence-corrected chi connectivity index (χ0v) is 14.0. The fraction of sp³-hybridized carbons (Fsp3) is 0.316. The Hall–Kier alpha value is -2.60. The van der Waals surface area contributed by atoms with Crippen LogP contribution in [0.3, 0.4) is 0 Å². The molecule has 0 N–H and O–H groups in total. The monoisotopic (exact) mass is 345 g/mol. The maximum Gasteiger partial charge on any atom is 0.260 e. The molecule has 1 unspecified atom stereocenters. The molecule has 3 rings (SSSR count). The molecule has 0 aromatic heterocycles. The summed E-state index contributed by atoms with van der Waals surface area (Å²) in [4.78, 5) is 14.1. The summed E-state index contributed by atoms with van der Waals surface area (Å²) in [6, 6.07) is 13.2. The second-order valence-electron chi connectivity index (χ2n) is 5.71. The molecular formula is C19H20FNO4. The SMILES string of the molecule is COc1ccc(OCC(=O)N2CCOC(c3ccc(F)cc3)C2)cc1. The van der Waals surface area contributed by atoms with E-state index in [-0.39, 0.29) is 24.4 Å². The second kappa shape index (κ2) is 7.98. The predicted molar refractivity (Wildman–Crippen MR) is 90.2 cm³/mol. The molecule has 0 spiro atoms. The molecule has 0 radical (unpaired) electrons. The van der Waals surface area contributed by atoms with Crippen LogP contribution >= 0.6 is 0 Å². The number of rotatable bonds is 5. The van der Waals surface area contributed by atoms with Crippen molar-refractivity contribution < 1.29 is 23.4 Å². The Balaban J connectivity index is 1.55. The summed E-state index contributed by atoms with van der Waals surface area (Å²) < 4.78 is 29.4. The van der Waals surface area contributed by atoms with Gasteiger partial charge in [0.15, 0.2) is 6.61 Å². The van der Waals surface area contributed by atoms with Crippen molar-refractivity contribution in [2.45, 2.75) is 6.10 Å². The Morgan fingerprint density at radius 1 is 1.16 bits per heavy atom. The van der Waals surface area contributed by atoms with Crippen molar-refractivity contribution in [3.8, 4) is 11.5 Å². The van der Waals surface area contributed by atoms with Crippen LogP contribution in [0.15, 0.2) is 48.5 Å². The van der Waals surface area contributed by atoms with Crippen LogP contribution in [0.25, 0.3) is 0 Å². The van der Waals surface area contributed by atoms with E-state index < -0.39 is 0 Å². The third-order valence-electron chi connectivity index (χ3n) is 4.08. The van der Waals surface area contributed by atoms with Crippen LogP contribution < -0.4 is 9.47 Å². The lowest BCUT2D eigenvalue weighted by Gasteiger charge is -2.33. The summed E-state index contributed by atoms with van der Waals surface area (Å²) in [5.74, 6) is 0.943. The van der Waals surface area contributed by atoms with Crippen molar-refractivity contribution in [3.05, 3.63) is 59.9 Å². The van der Waals surface area contributed by atoms with Gasteiger partial charge in [-0.25, -0.2) is 4.39 Å². The van der Waals surface area contributed by atoms with Crippen LogP contribution in [-0.4, -0.2) is 44.2 Å². The van der Waals surface area contributed by atoms with Gasteiger partial charge in [0.2, 0.25) is 0 Å². The van der Waals surface area contributed by atoms with E-state index in [9.17, 15) is 9.18 Å². The van der Waals surface area contributed by atoms with Crippen molar-refractivity contribution >= 4 is 5.91 Å². The third kappa shape index (κ3) is 4.48. The average Bonchev–Trinajstić information content (AvgIpc) is 2.67. The third-order valence-corrected chi connectivity index (χ3v) is 4.08. The van der Waals surface area contributed by atoms with Crippen LogP contribution in [0.1, 0.15) is 11.7 Å². The van der Waals surface area contributed by atoms with Crippen molar-refractivity contribution in [1.82, 2.24) is 4.90 Å². The minimum Gasteiger partial charge on any atom is -0.497 e. The summed E-state index contributed by atoms with van der Waals surface area (Å²) in [5, 5.41) is 0. The molecule has 1 amide bonds. The van der Waals surface area contributed by atoms with Gasteiger partial charge >= 0.3 is 0 Å². The van der Waals surface area contributed by atoms with Crippen molar-refractivity contribution in [1.29, 1.82) is 0 Å². The number of morpholine rings is 1. The van der Waals surface area contributed by atoms with Crippen molar-refractivity contribution in [2.24, 2.45) is 0 Å². The lowest BCUT2D eigenvalue weighted by Crippen LogP contribution is -2.44. The molecule has 1 heterocycles. The topological polar surface area (TPSA) is 48.0 Å². The van der Waals surface area contributed by atoms with Crippen LogP contribution in [0.4, 0.5) is 4.39 Å². The normalized spacial score (nSPS) is 17.2. The maximum atomic E-state index is 13.0. The van der Waals surface area contributed by atoms with Crippen LogP contribution in [0, 0.1) is 5.82 Å². The number of nitrogens with zero attached hydrogens (tertiary/aromatic N) is 1. The first-order chi connectivity index (χ1) is 12.2. The van der Waals surface area contributed by atoms with E-state index in [0.29, 0.717) is 25.4 Å². The molecule has 25 heavy (non-hydrogen) atoms. The lowest BCUT2D eigenvalue weighted by molar-refractivity contribution is -0.141. The molecule has 1 atom stereocenters. The van der Waals surface area contributed by atoms with Gasteiger partial charge in [-0.1, -0.05) is 12.1 Å². The van der Waals surface area contributed by atoms with Crippen molar-refractivity contribution in [3.63, 3.8) is 0 Å². The molecule has 2 aromatic carbocycles. The number of carbonyl (C=O) groups excluding carboxylic acids is 1. The first-order valence-corrected chi connectivity index (χ1v) is 8.07. The maximum absolute atomic E-state index is 13.0. The molecule has 1 fully saturated rings. The van der Waals surface area contributed by atoms with Gasteiger partial charge in [0.1, 0.15) is 23.4 Å². The van der Waals surface area contributed by atoms with Gasteiger partial charge in [0.25, 0.3) is 5.91 Å². The van der Waals surface area contributed by atoms with Gasteiger partial charge in [-0.2, -0.15) is 0 Å². The first kappa shape index (κ1) is 17.2.